The molecule has 3 aromatic rings. The van der Waals surface area contributed by atoms with E-state index in [1.54, 1.807) is 21.0 Å². The number of benzene rings is 1. The van der Waals surface area contributed by atoms with Gasteiger partial charge in [0.2, 0.25) is 0 Å². The first-order valence-electron chi connectivity index (χ1n) is 8.53. The maximum Gasteiger partial charge on any atom is 0.144 e. The maximum absolute atomic E-state index is 13.6. The van der Waals surface area contributed by atoms with E-state index in [0.29, 0.717) is 23.1 Å². The number of ether oxygens (including phenoxy) is 1. The number of halogens is 1. The van der Waals surface area contributed by atoms with Crippen molar-refractivity contribution in [3.63, 3.8) is 0 Å². The van der Waals surface area contributed by atoms with E-state index in [1.165, 1.54) is 18.4 Å². The minimum Gasteiger partial charge on any atom is -0.496 e. The van der Waals surface area contributed by atoms with Gasteiger partial charge < -0.3 is 15.0 Å². The average Bonchev–Trinajstić information content (AvgIpc) is 3.04. The van der Waals surface area contributed by atoms with Gasteiger partial charge in [0.25, 0.3) is 0 Å². The smallest absolute Gasteiger partial charge is 0.144 e. The summed E-state index contributed by atoms with van der Waals surface area (Å²) in [4.78, 5) is 11.7. The normalized spacial score (nSPS) is 14.3. The van der Waals surface area contributed by atoms with Crippen molar-refractivity contribution in [2.24, 2.45) is 0 Å². The molecule has 0 aliphatic carbocycles. The SMILES string of the molecule is COc1ccccc1C(Nc1ccc(F)c(C)n1)c1nc(C)c(S(C)(=N)=O)[nH]1. The van der Waals surface area contributed by atoms with Crippen LogP contribution < -0.4 is 10.1 Å². The molecule has 0 amide bonds. The molecule has 2 atom stereocenters. The Hall–Kier alpha value is -2.94. The Morgan fingerprint density at radius 1 is 1.18 bits per heavy atom. The molecule has 0 bridgehead atoms. The third-order valence-electron chi connectivity index (χ3n) is 4.28. The van der Waals surface area contributed by atoms with Crippen molar-refractivity contribution in [2.45, 2.75) is 24.9 Å². The van der Waals surface area contributed by atoms with Crippen LogP contribution >= 0.6 is 0 Å². The second-order valence-electron chi connectivity index (χ2n) is 6.46. The quantitative estimate of drug-likeness (QED) is 0.581. The van der Waals surface area contributed by atoms with Gasteiger partial charge in [0.05, 0.1) is 28.2 Å². The molecule has 0 aliphatic heterocycles. The number of aryl methyl sites for hydroxylation is 2. The molecule has 7 nitrogen and oxygen atoms in total. The van der Waals surface area contributed by atoms with E-state index in [1.807, 2.05) is 24.3 Å². The van der Waals surface area contributed by atoms with Crippen LogP contribution in [0, 0.1) is 24.4 Å². The number of methoxy groups -OCH3 is 1. The summed E-state index contributed by atoms with van der Waals surface area (Å²) < 4.78 is 39.2. The fourth-order valence-electron chi connectivity index (χ4n) is 2.95. The average molecular weight is 403 g/mol. The van der Waals surface area contributed by atoms with Crippen molar-refractivity contribution in [1.82, 2.24) is 15.0 Å². The highest BCUT2D eigenvalue weighted by Gasteiger charge is 2.24. The molecule has 148 valence electrons. The summed E-state index contributed by atoms with van der Waals surface area (Å²) in [5.74, 6) is 1.14. The number of hydrogen-bond acceptors (Lipinski definition) is 6. The minimum atomic E-state index is -2.97. The van der Waals surface area contributed by atoms with Crippen LogP contribution in [0.4, 0.5) is 10.2 Å². The van der Waals surface area contributed by atoms with Crippen molar-refractivity contribution < 1.29 is 13.3 Å². The zero-order valence-corrected chi connectivity index (χ0v) is 16.9. The number of imidazole rings is 1. The number of hydrogen-bond donors (Lipinski definition) is 3. The lowest BCUT2D eigenvalue weighted by Gasteiger charge is -2.20. The van der Waals surface area contributed by atoms with E-state index in [-0.39, 0.29) is 10.7 Å². The number of nitrogens with zero attached hydrogens (tertiary/aromatic N) is 2. The Labute approximate surface area is 163 Å². The highest BCUT2D eigenvalue weighted by Crippen LogP contribution is 2.32. The molecule has 28 heavy (non-hydrogen) atoms. The Balaban J connectivity index is 2.13. The van der Waals surface area contributed by atoms with Gasteiger partial charge in [-0.25, -0.2) is 23.3 Å². The highest BCUT2D eigenvalue weighted by molar-refractivity contribution is 7.91. The zero-order chi connectivity index (χ0) is 20.5. The van der Waals surface area contributed by atoms with Crippen LogP contribution in [0.15, 0.2) is 41.4 Å². The largest absolute Gasteiger partial charge is 0.496 e. The van der Waals surface area contributed by atoms with Crippen LogP contribution in [0.5, 0.6) is 5.75 Å². The molecular weight excluding hydrogens is 381 g/mol. The molecule has 0 fully saturated rings. The number of H-pyrrole nitrogens is 1. The van der Waals surface area contributed by atoms with E-state index in [4.69, 9.17) is 9.52 Å². The fourth-order valence-corrected chi connectivity index (χ4v) is 3.86. The van der Waals surface area contributed by atoms with Crippen molar-refractivity contribution in [1.29, 1.82) is 4.78 Å². The van der Waals surface area contributed by atoms with E-state index in [2.05, 4.69) is 20.3 Å². The summed E-state index contributed by atoms with van der Waals surface area (Å²) in [6.45, 7) is 3.28. The van der Waals surface area contributed by atoms with Gasteiger partial charge in [-0.15, -0.1) is 0 Å². The van der Waals surface area contributed by atoms with Gasteiger partial charge in [0, 0.05) is 11.8 Å². The summed E-state index contributed by atoms with van der Waals surface area (Å²) in [5, 5.41) is 3.51. The zero-order valence-electron chi connectivity index (χ0n) is 16.0. The minimum absolute atomic E-state index is 0.267. The molecule has 0 aliphatic rings. The molecular formula is C19H22FN5O2S. The Morgan fingerprint density at radius 2 is 1.89 bits per heavy atom. The summed E-state index contributed by atoms with van der Waals surface area (Å²) in [7, 11) is -1.40. The molecule has 0 radical (unpaired) electrons. The molecule has 0 saturated heterocycles. The van der Waals surface area contributed by atoms with Crippen molar-refractivity contribution in [3.8, 4) is 5.75 Å². The Bertz CT molecular complexity index is 1110. The molecule has 3 N–H and O–H groups in total. The predicted molar refractivity (Wildman–Crippen MR) is 106 cm³/mol. The van der Waals surface area contributed by atoms with Crippen molar-refractivity contribution >= 4 is 15.5 Å². The van der Waals surface area contributed by atoms with E-state index in [9.17, 15) is 8.60 Å². The molecule has 1 aromatic carbocycles. The highest BCUT2D eigenvalue weighted by atomic mass is 32.2. The van der Waals surface area contributed by atoms with E-state index >= 15 is 0 Å². The van der Waals surface area contributed by atoms with Crippen LogP contribution in [0.25, 0.3) is 0 Å². The maximum atomic E-state index is 13.6. The number of nitrogens with one attached hydrogen (secondary N) is 3. The Morgan fingerprint density at radius 3 is 2.50 bits per heavy atom. The number of aromatic nitrogens is 3. The summed E-state index contributed by atoms with van der Waals surface area (Å²) in [5.41, 5.74) is 1.52. The van der Waals surface area contributed by atoms with Crippen LogP contribution in [-0.4, -0.2) is 32.5 Å². The lowest BCUT2D eigenvalue weighted by molar-refractivity contribution is 0.408. The number of pyridine rings is 1. The second kappa shape index (κ2) is 7.59. The standard InChI is InChI=1S/C19H22FN5O2S/c1-11-14(20)9-10-16(22-11)24-17(13-7-5-6-8-15(13)27-3)18-23-12(2)19(25-18)28(4,21)26/h5-10,17,21H,1-4H3,(H,22,24)(H,23,25). The molecule has 2 heterocycles. The monoisotopic (exact) mass is 403 g/mol. The third-order valence-corrected chi connectivity index (χ3v) is 5.46. The molecule has 2 aromatic heterocycles. The lowest BCUT2D eigenvalue weighted by atomic mass is 10.0. The van der Waals surface area contributed by atoms with Crippen molar-refractivity contribution in [2.75, 3.05) is 18.7 Å². The first-order valence-corrected chi connectivity index (χ1v) is 10.5. The van der Waals surface area contributed by atoms with Gasteiger partial charge in [-0.05, 0) is 32.0 Å². The first-order chi connectivity index (χ1) is 13.2. The predicted octanol–water partition coefficient (Wildman–Crippen LogP) is 3.81. The molecule has 0 spiro atoms. The number of aromatic amines is 1. The van der Waals surface area contributed by atoms with Crippen LogP contribution in [0.3, 0.4) is 0 Å². The van der Waals surface area contributed by atoms with Gasteiger partial charge in [-0.1, -0.05) is 18.2 Å². The number of para-hydroxylation sites is 1. The third kappa shape index (κ3) is 3.99. The van der Waals surface area contributed by atoms with E-state index in [0.717, 1.165) is 5.56 Å². The molecule has 2 unspecified atom stereocenters. The van der Waals surface area contributed by atoms with Gasteiger partial charge in [0.15, 0.2) is 0 Å². The number of rotatable bonds is 6. The van der Waals surface area contributed by atoms with Gasteiger partial charge in [-0.2, -0.15) is 0 Å². The summed E-state index contributed by atoms with van der Waals surface area (Å²) >= 11 is 0. The molecule has 9 heteroatoms. The first kappa shape index (κ1) is 19.8. The fraction of sp³-hybridized carbons (Fsp3) is 0.263. The van der Waals surface area contributed by atoms with Crippen molar-refractivity contribution in [3.05, 3.63) is 65.0 Å². The lowest BCUT2D eigenvalue weighted by Crippen LogP contribution is -2.16. The van der Waals surface area contributed by atoms with E-state index < -0.39 is 21.6 Å². The van der Waals surface area contributed by atoms with Crippen LogP contribution in [0.2, 0.25) is 0 Å². The topological polar surface area (TPSA) is 104 Å². The van der Waals surface area contributed by atoms with Gasteiger partial charge in [0.1, 0.15) is 34.3 Å². The Kier molecular flexibility index (Phi) is 5.37. The van der Waals surface area contributed by atoms with Crippen LogP contribution in [0.1, 0.15) is 28.8 Å². The van der Waals surface area contributed by atoms with Gasteiger partial charge >= 0.3 is 0 Å². The molecule has 3 rings (SSSR count). The summed E-state index contributed by atoms with van der Waals surface area (Å²) in [6.07, 6.45) is 1.34. The summed E-state index contributed by atoms with van der Waals surface area (Å²) in [6, 6.07) is 9.73. The number of anilines is 1. The van der Waals surface area contributed by atoms with Crippen LogP contribution in [-0.2, 0) is 9.73 Å². The second-order valence-corrected chi connectivity index (χ2v) is 8.56. The van der Waals surface area contributed by atoms with Gasteiger partial charge in [-0.3, -0.25) is 0 Å². The molecule has 0 saturated carbocycles.